The van der Waals surface area contributed by atoms with Crippen molar-refractivity contribution in [1.29, 1.82) is 0 Å². The van der Waals surface area contributed by atoms with E-state index >= 15 is 0 Å². The molecule has 4 aromatic carbocycles. The van der Waals surface area contributed by atoms with Gasteiger partial charge in [0.2, 0.25) is 5.88 Å². The van der Waals surface area contributed by atoms with Crippen LogP contribution in [0.3, 0.4) is 0 Å². The third-order valence-electron chi connectivity index (χ3n) is 8.49. The van der Waals surface area contributed by atoms with Crippen LogP contribution in [0.5, 0.6) is 5.88 Å². The average Bonchev–Trinajstić information content (AvgIpc) is 3.48. The number of carbonyl (C=O) groups is 1. The van der Waals surface area contributed by atoms with Crippen LogP contribution in [0.25, 0.3) is 32.9 Å². The van der Waals surface area contributed by atoms with Crippen molar-refractivity contribution < 1.29 is 27.1 Å². The maximum atomic E-state index is 14.1. The monoisotopic (exact) mass is 664 g/mol. The van der Waals surface area contributed by atoms with Gasteiger partial charge in [0.25, 0.3) is 10.0 Å². The van der Waals surface area contributed by atoms with Gasteiger partial charge in [-0.15, -0.1) is 0 Å². The molecule has 0 aliphatic carbocycles. The van der Waals surface area contributed by atoms with E-state index in [-0.39, 0.29) is 29.3 Å². The molecule has 0 unspecified atom stereocenters. The van der Waals surface area contributed by atoms with Crippen LogP contribution < -0.4 is 4.74 Å². The number of hydrogen-bond donors (Lipinski definition) is 0. The number of likely N-dealkylation sites (tertiary alicyclic amines) is 1. The van der Waals surface area contributed by atoms with Gasteiger partial charge in [-0.1, -0.05) is 74.0 Å². The van der Waals surface area contributed by atoms with Gasteiger partial charge < -0.3 is 14.4 Å². The number of aromatic nitrogens is 3. The minimum absolute atomic E-state index is 0.0516. The van der Waals surface area contributed by atoms with Crippen molar-refractivity contribution in [3.63, 3.8) is 0 Å². The third kappa shape index (κ3) is 5.85. The highest BCUT2D eigenvalue weighted by Crippen LogP contribution is 2.42. The van der Waals surface area contributed by atoms with Crippen molar-refractivity contribution in [3.05, 3.63) is 120 Å². The maximum Gasteiger partial charge on any atom is 0.410 e. The minimum atomic E-state index is -4.00. The largest absolute Gasteiger partial charge is 0.470 e. The van der Waals surface area contributed by atoms with Crippen LogP contribution in [0, 0.1) is 12.7 Å². The van der Waals surface area contributed by atoms with Crippen LogP contribution in [-0.2, 0) is 21.4 Å². The SMILES string of the molecule is Cc1ccc(S(=O)(=O)n2ncc3cc4c(-c5ccc(F)cc5)c(C(C)C)c(OC5CN(C(=O)OCc6ccccc6)C5)nc4cc32)cc1. The fourth-order valence-corrected chi connectivity index (χ4v) is 7.21. The molecule has 0 spiro atoms. The van der Waals surface area contributed by atoms with Crippen LogP contribution in [0.2, 0.25) is 0 Å². The van der Waals surface area contributed by atoms with E-state index in [4.69, 9.17) is 14.5 Å². The minimum Gasteiger partial charge on any atom is -0.470 e. The first-order valence-electron chi connectivity index (χ1n) is 15.6. The molecule has 3 heterocycles. The molecule has 244 valence electrons. The average molecular weight is 665 g/mol. The van der Waals surface area contributed by atoms with Gasteiger partial charge in [0.15, 0.2) is 0 Å². The summed E-state index contributed by atoms with van der Waals surface area (Å²) in [6, 6.07) is 25.9. The Morgan fingerprint density at radius 3 is 2.38 bits per heavy atom. The summed E-state index contributed by atoms with van der Waals surface area (Å²) in [6.45, 7) is 6.76. The number of pyridine rings is 1. The molecule has 0 saturated carbocycles. The van der Waals surface area contributed by atoms with Crippen molar-refractivity contribution in [2.45, 2.75) is 44.3 Å². The van der Waals surface area contributed by atoms with E-state index in [1.165, 1.54) is 18.3 Å². The van der Waals surface area contributed by atoms with Crippen molar-refractivity contribution in [2.24, 2.45) is 0 Å². The van der Waals surface area contributed by atoms with Crippen LogP contribution >= 0.6 is 0 Å². The van der Waals surface area contributed by atoms with Gasteiger partial charge in [-0.3, -0.25) is 0 Å². The molecule has 1 saturated heterocycles. The summed E-state index contributed by atoms with van der Waals surface area (Å²) >= 11 is 0. The van der Waals surface area contributed by atoms with E-state index in [9.17, 15) is 17.6 Å². The van der Waals surface area contributed by atoms with Crippen LogP contribution in [0.15, 0.2) is 102 Å². The second-order valence-corrected chi connectivity index (χ2v) is 14.1. The molecule has 7 rings (SSSR count). The topological polar surface area (TPSA) is 104 Å². The molecule has 6 aromatic rings. The molecule has 9 nitrogen and oxygen atoms in total. The second kappa shape index (κ2) is 12.4. The first-order valence-corrected chi connectivity index (χ1v) is 17.1. The number of nitrogens with zero attached hydrogens (tertiary/aromatic N) is 4. The number of rotatable bonds is 8. The summed E-state index contributed by atoms with van der Waals surface area (Å²) < 4.78 is 54.4. The van der Waals surface area contributed by atoms with Crippen molar-refractivity contribution in [1.82, 2.24) is 19.1 Å². The number of benzene rings is 4. The van der Waals surface area contributed by atoms with Crippen molar-refractivity contribution in [2.75, 3.05) is 13.1 Å². The smallest absolute Gasteiger partial charge is 0.410 e. The van der Waals surface area contributed by atoms with Gasteiger partial charge in [0.05, 0.1) is 35.2 Å². The molecule has 1 fully saturated rings. The van der Waals surface area contributed by atoms with E-state index in [0.29, 0.717) is 35.4 Å². The molecular formula is C37H33FN4O5S. The Bertz CT molecular complexity index is 2250. The highest BCUT2D eigenvalue weighted by atomic mass is 32.2. The lowest BCUT2D eigenvalue weighted by Crippen LogP contribution is -2.56. The first kappa shape index (κ1) is 31.3. The summed E-state index contributed by atoms with van der Waals surface area (Å²) in [4.78, 5) is 19.3. The van der Waals surface area contributed by atoms with Gasteiger partial charge in [0, 0.05) is 16.3 Å². The summed E-state index contributed by atoms with van der Waals surface area (Å²) in [5.74, 6) is -0.0476. The Morgan fingerprint density at radius 1 is 0.979 bits per heavy atom. The predicted octanol–water partition coefficient (Wildman–Crippen LogP) is 7.46. The number of fused-ring (bicyclic) bond motifs is 2. The Balaban J connectivity index is 1.27. The Hall–Kier alpha value is -5.29. The van der Waals surface area contributed by atoms with Crippen LogP contribution in [-0.4, -0.2) is 52.8 Å². The van der Waals surface area contributed by atoms with E-state index < -0.39 is 16.1 Å². The standard InChI is InChI=1S/C37H33FN4O5S/c1-23(2)34-35(26-11-13-28(38)14-12-26)31-17-27-19-39-42(48(44,45)30-15-9-24(3)10-16-30)33(27)18-32(31)40-36(34)47-29-20-41(21-29)37(43)46-22-25-7-5-4-6-8-25/h4-19,23,29H,20-22H2,1-3H3. The lowest BCUT2D eigenvalue weighted by molar-refractivity contribution is 0.00645. The zero-order valence-corrected chi connectivity index (χ0v) is 27.4. The quantitative estimate of drug-likeness (QED) is 0.166. The Kier molecular flexibility index (Phi) is 8.08. The number of aryl methyl sites for hydroxylation is 1. The third-order valence-corrected chi connectivity index (χ3v) is 10.1. The molecule has 1 aliphatic heterocycles. The normalized spacial score (nSPS) is 13.6. The molecule has 0 N–H and O–H groups in total. The number of ether oxygens (including phenoxy) is 2. The Morgan fingerprint density at radius 2 is 1.69 bits per heavy atom. The first-order chi connectivity index (χ1) is 23.1. The van der Waals surface area contributed by atoms with E-state index in [1.807, 2.05) is 57.2 Å². The summed E-state index contributed by atoms with van der Waals surface area (Å²) in [5, 5.41) is 5.64. The van der Waals surface area contributed by atoms with E-state index in [0.717, 1.165) is 37.3 Å². The molecule has 1 amide bonds. The van der Waals surface area contributed by atoms with Gasteiger partial charge in [-0.05, 0) is 65.9 Å². The summed E-state index contributed by atoms with van der Waals surface area (Å²) in [6.07, 6.45) is 0.759. The molecule has 2 aromatic heterocycles. The molecule has 0 radical (unpaired) electrons. The van der Waals surface area contributed by atoms with E-state index in [1.54, 1.807) is 47.4 Å². The summed E-state index contributed by atoms with van der Waals surface area (Å²) in [7, 11) is -4.00. The maximum absolute atomic E-state index is 14.1. The summed E-state index contributed by atoms with van der Waals surface area (Å²) in [5.41, 5.74) is 5.07. The molecule has 0 bridgehead atoms. The molecule has 0 atom stereocenters. The van der Waals surface area contributed by atoms with Crippen LogP contribution in [0.1, 0.15) is 36.5 Å². The zero-order valence-electron chi connectivity index (χ0n) is 26.6. The number of halogens is 1. The highest BCUT2D eigenvalue weighted by Gasteiger charge is 2.35. The fourth-order valence-electron chi connectivity index (χ4n) is 5.94. The number of amides is 1. The van der Waals surface area contributed by atoms with Crippen molar-refractivity contribution in [3.8, 4) is 17.0 Å². The van der Waals surface area contributed by atoms with Crippen LogP contribution in [0.4, 0.5) is 9.18 Å². The Labute approximate surface area is 277 Å². The lowest BCUT2D eigenvalue weighted by Gasteiger charge is -2.38. The van der Waals surface area contributed by atoms with Crippen molar-refractivity contribution >= 4 is 37.9 Å². The molecule has 11 heteroatoms. The van der Waals surface area contributed by atoms with Gasteiger partial charge >= 0.3 is 6.09 Å². The number of carbonyl (C=O) groups excluding carboxylic acids is 1. The number of hydrogen-bond acceptors (Lipinski definition) is 7. The lowest BCUT2D eigenvalue weighted by atomic mass is 9.90. The molecule has 48 heavy (non-hydrogen) atoms. The second-order valence-electron chi connectivity index (χ2n) is 12.3. The molecular weight excluding hydrogens is 631 g/mol. The predicted molar refractivity (Wildman–Crippen MR) is 181 cm³/mol. The van der Waals surface area contributed by atoms with Gasteiger partial charge in [-0.25, -0.2) is 14.2 Å². The molecule has 1 aliphatic rings. The highest BCUT2D eigenvalue weighted by molar-refractivity contribution is 7.90. The van der Waals surface area contributed by atoms with E-state index in [2.05, 4.69) is 5.10 Å². The zero-order chi connectivity index (χ0) is 33.6. The van der Waals surface area contributed by atoms with Gasteiger partial charge in [-0.2, -0.15) is 17.6 Å². The van der Waals surface area contributed by atoms with Gasteiger partial charge in [0.1, 0.15) is 18.5 Å². The fraction of sp³-hybridized carbons (Fsp3) is 0.216.